The number of carbonyl (C=O) groups is 2. The van der Waals surface area contributed by atoms with E-state index < -0.39 is 18.0 Å². The molecular weight excluding hydrogens is 254 g/mol. The monoisotopic (exact) mass is 268 g/mol. The van der Waals surface area contributed by atoms with Crippen molar-refractivity contribution < 1.29 is 9.59 Å². The number of nitrogens with zero attached hydrogens (tertiary/aromatic N) is 1. The number of nitrogens with two attached hydrogens (primary N) is 2. The number of urea groups is 1. The van der Waals surface area contributed by atoms with E-state index in [2.05, 4.69) is 0 Å². The van der Waals surface area contributed by atoms with Crippen LogP contribution in [0.25, 0.3) is 0 Å². The smallest absolute Gasteiger partial charge is 0.364 e. The molecule has 1 aromatic rings. The van der Waals surface area contributed by atoms with Gasteiger partial charge in [0.1, 0.15) is 5.69 Å². The third-order valence-corrected chi connectivity index (χ3v) is 3.78. The van der Waals surface area contributed by atoms with E-state index in [9.17, 15) is 9.59 Å². The molecule has 0 saturated carbocycles. The zero-order chi connectivity index (χ0) is 13.3. The predicted octanol–water partition coefficient (Wildman–Crippen LogP) is 1.37. The van der Waals surface area contributed by atoms with Crippen LogP contribution in [0, 0.1) is 0 Å². The van der Waals surface area contributed by atoms with Crippen molar-refractivity contribution in [3.8, 4) is 0 Å². The van der Waals surface area contributed by atoms with Gasteiger partial charge in [0.15, 0.2) is 6.04 Å². The Hall–Kier alpha value is -1.59. The average molecular weight is 269 g/mol. The maximum atomic E-state index is 11.9. The second-order valence-electron chi connectivity index (χ2n) is 4.47. The van der Waals surface area contributed by atoms with Crippen LogP contribution in [0.15, 0.2) is 24.3 Å². The van der Waals surface area contributed by atoms with Crippen LogP contribution in [-0.4, -0.2) is 24.5 Å². The SMILES string of the molecule is NC(=O)C1CCC[N+]1(C(N)=O)c1ccc(Cl)cc1. The molecule has 2 unspecified atom stereocenters. The van der Waals surface area contributed by atoms with Gasteiger partial charge < -0.3 is 11.5 Å². The Bertz CT molecular complexity index is 489. The molecule has 4 N–H and O–H groups in total. The number of amides is 3. The van der Waals surface area contributed by atoms with Crippen LogP contribution in [0.5, 0.6) is 0 Å². The first kappa shape index (κ1) is 12.9. The number of likely N-dealkylation sites (tertiary alicyclic amines) is 1. The number of halogens is 1. The summed E-state index contributed by atoms with van der Waals surface area (Å²) in [6.45, 7) is 0.491. The summed E-state index contributed by atoms with van der Waals surface area (Å²) < 4.78 is -0.202. The minimum absolute atomic E-state index is 0.202. The first-order chi connectivity index (χ1) is 8.48. The van der Waals surface area contributed by atoms with Gasteiger partial charge in [0.05, 0.1) is 6.54 Å². The highest BCUT2D eigenvalue weighted by Gasteiger charge is 2.52. The van der Waals surface area contributed by atoms with E-state index in [0.29, 0.717) is 23.7 Å². The van der Waals surface area contributed by atoms with Gasteiger partial charge >= 0.3 is 6.03 Å². The van der Waals surface area contributed by atoms with Crippen molar-refractivity contribution in [1.29, 1.82) is 0 Å². The van der Waals surface area contributed by atoms with Gasteiger partial charge in [0.2, 0.25) is 0 Å². The van der Waals surface area contributed by atoms with Gasteiger partial charge in [-0.05, 0) is 12.1 Å². The molecule has 0 bridgehead atoms. The second kappa shape index (κ2) is 4.59. The van der Waals surface area contributed by atoms with Crippen molar-refractivity contribution in [1.82, 2.24) is 4.48 Å². The zero-order valence-corrected chi connectivity index (χ0v) is 10.6. The van der Waals surface area contributed by atoms with E-state index >= 15 is 0 Å². The molecule has 3 amide bonds. The van der Waals surface area contributed by atoms with Crippen molar-refractivity contribution in [2.75, 3.05) is 6.54 Å². The van der Waals surface area contributed by atoms with Crippen molar-refractivity contribution in [2.45, 2.75) is 18.9 Å². The molecule has 1 aliphatic rings. The molecule has 96 valence electrons. The van der Waals surface area contributed by atoms with E-state index in [1.54, 1.807) is 24.3 Å². The summed E-state index contributed by atoms with van der Waals surface area (Å²) in [7, 11) is 0. The molecule has 0 radical (unpaired) electrons. The Kier molecular flexibility index (Phi) is 3.28. The Morgan fingerprint density at radius 3 is 2.33 bits per heavy atom. The van der Waals surface area contributed by atoms with Gasteiger partial charge in [0.25, 0.3) is 5.91 Å². The van der Waals surface area contributed by atoms with Crippen LogP contribution >= 0.6 is 11.6 Å². The summed E-state index contributed by atoms with van der Waals surface area (Å²) in [6, 6.07) is 5.64. The maximum absolute atomic E-state index is 11.9. The summed E-state index contributed by atoms with van der Waals surface area (Å²) in [5, 5.41) is 0.566. The molecule has 5 nitrogen and oxygen atoms in total. The molecule has 2 atom stereocenters. The third kappa shape index (κ3) is 1.85. The molecular formula is C12H15ClN3O2+. The van der Waals surface area contributed by atoms with Gasteiger partial charge in [-0.1, -0.05) is 11.6 Å². The molecule has 1 aromatic carbocycles. The minimum atomic E-state index is -0.594. The highest BCUT2D eigenvalue weighted by molar-refractivity contribution is 6.30. The number of benzene rings is 1. The largest absolute Gasteiger partial charge is 0.419 e. The van der Waals surface area contributed by atoms with E-state index in [1.807, 2.05) is 0 Å². The van der Waals surface area contributed by atoms with Crippen LogP contribution in [0.1, 0.15) is 12.8 Å². The molecule has 2 rings (SSSR count). The van der Waals surface area contributed by atoms with Gasteiger partial charge in [-0.3, -0.25) is 4.79 Å². The lowest BCUT2D eigenvalue weighted by molar-refractivity contribution is -0.121. The molecule has 6 heteroatoms. The average Bonchev–Trinajstić information content (AvgIpc) is 2.75. The quantitative estimate of drug-likeness (QED) is 0.794. The molecule has 1 aliphatic heterocycles. The Morgan fingerprint density at radius 2 is 1.83 bits per heavy atom. The molecule has 1 heterocycles. The number of hydrogen-bond donors (Lipinski definition) is 2. The maximum Gasteiger partial charge on any atom is 0.419 e. The third-order valence-electron chi connectivity index (χ3n) is 3.53. The predicted molar refractivity (Wildman–Crippen MR) is 69.9 cm³/mol. The van der Waals surface area contributed by atoms with E-state index in [-0.39, 0.29) is 4.48 Å². The van der Waals surface area contributed by atoms with Crippen LogP contribution in [-0.2, 0) is 4.79 Å². The fourth-order valence-corrected chi connectivity index (χ4v) is 2.80. The van der Waals surface area contributed by atoms with Crippen molar-refractivity contribution in [3.63, 3.8) is 0 Å². The van der Waals surface area contributed by atoms with Gasteiger partial charge in [-0.15, -0.1) is 0 Å². The molecule has 18 heavy (non-hydrogen) atoms. The lowest BCUT2D eigenvalue weighted by Crippen LogP contribution is -2.63. The molecule has 1 saturated heterocycles. The molecule has 0 aliphatic carbocycles. The fraction of sp³-hybridized carbons (Fsp3) is 0.333. The summed E-state index contributed by atoms with van der Waals surface area (Å²) in [6.07, 6.45) is 1.31. The van der Waals surface area contributed by atoms with Gasteiger partial charge in [-0.25, -0.2) is 4.79 Å². The molecule has 0 spiro atoms. The van der Waals surface area contributed by atoms with Crippen LogP contribution in [0.2, 0.25) is 5.02 Å². The Morgan fingerprint density at radius 1 is 1.22 bits per heavy atom. The summed E-state index contributed by atoms with van der Waals surface area (Å²) >= 11 is 5.83. The Labute approximate surface area is 110 Å². The fourth-order valence-electron chi connectivity index (χ4n) is 2.68. The van der Waals surface area contributed by atoms with E-state index in [1.165, 1.54) is 0 Å². The lowest BCUT2D eigenvalue weighted by Gasteiger charge is -2.33. The van der Waals surface area contributed by atoms with Crippen LogP contribution < -0.4 is 16.0 Å². The highest BCUT2D eigenvalue weighted by atomic mass is 35.5. The standard InChI is InChI=1S/C12H14ClN3O2/c13-8-3-5-9(6-4-8)16(12(15)18)7-1-2-10(16)11(14)17/h3-6,10H,1-2,7H2,(H3-,14,15,17,18)/p+1. The van der Waals surface area contributed by atoms with Gasteiger partial charge in [-0.2, -0.15) is 4.48 Å². The zero-order valence-electron chi connectivity index (χ0n) is 9.80. The van der Waals surface area contributed by atoms with E-state index in [0.717, 1.165) is 6.42 Å². The number of hydrogen-bond acceptors (Lipinski definition) is 2. The van der Waals surface area contributed by atoms with Crippen LogP contribution in [0.4, 0.5) is 10.5 Å². The Balaban J connectivity index is 2.53. The normalized spacial score (nSPS) is 27.1. The first-order valence-electron chi connectivity index (χ1n) is 5.71. The minimum Gasteiger partial charge on any atom is -0.364 e. The second-order valence-corrected chi connectivity index (χ2v) is 4.90. The summed E-state index contributed by atoms with van der Waals surface area (Å²) in [4.78, 5) is 23.4. The highest BCUT2D eigenvalue weighted by Crippen LogP contribution is 2.35. The molecule has 1 fully saturated rings. The molecule has 0 aromatic heterocycles. The number of quaternary nitrogens is 1. The number of primary amides is 2. The summed E-state index contributed by atoms with van der Waals surface area (Å²) in [5.41, 5.74) is 11.6. The van der Waals surface area contributed by atoms with Crippen molar-refractivity contribution >= 4 is 29.2 Å². The van der Waals surface area contributed by atoms with Crippen molar-refractivity contribution in [3.05, 3.63) is 29.3 Å². The summed E-state index contributed by atoms with van der Waals surface area (Å²) in [5.74, 6) is -0.499. The van der Waals surface area contributed by atoms with E-state index in [4.69, 9.17) is 23.1 Å². The lowest BCUT2D eigenvalue weighted by atomic mass is 10.1. The number of carbonyl (C=O) groups excluding carboxylic acids is 2. The number of rotatable bonds is 2. The van der Waals surface area contributed by atoms with Gasteiger partial charge in [0, 0.05) is 30.0 Å². The van der Waals surface area contributed by atoms with Crippen molar-refractivity contribution in [2.24, 2.45) is 11.5 Å². The topological polar surface area (TPSA) is 86.2 Å². The first-order valence-corrected chi connectivity index (χ1v) is 6.09. The van der Waals surface area contributed by atoms with Crippen LogP contribution in [0.3, 0.4) is 0 Å².